The minimum Gasteiger partial charge on any atom is -0.361 e. The number of anilines is 1. The Bertz CT molecular complexity index is 479. The van der Waals surface area contributed by atoms with E-state index in [1.807, 2.05) is 20.0 Å². The Morgan fingerprint density at radius 1 is 1.41 bits per heavy atom. The molecule has 92 valence electrons. The van der Waals surface area contributed by atoms with Crippen molar-refractivity contribution in [1.82, 2.24) is 14.7 Å². The van der Waals surface area contributed by atoms with Gasteiger partial charge in [-0.2, -0.15) is 0 Å². The van der Waals surface area contributed by atoms with Crippen LogP contribution < -0.4 is 5.32 Å². The van der Waals surface area contributed by atoms with Crippen molar-refractivity contribution in [2.45, 2.75) is 40.3 Å². The number of hydrogen-bond acceptors (Lipinski definition) is 4. The molecule has 2 aromatic rings. The highest BCUT2D eigenvalue weighted by atomic mass is 16.5. The maximum absolute atomic E-state index is 5.13. The molecular formula is C12H18N4O. The number of hydrogen-bond donors (Lipinski definition) is 1. The first kappa shape index (κ1) is 11.7. The van der Waals surface area contributed by atoms with Gasteiger partial charge in [0.15, 0.2) is 0 Å². The summed E-state index contributed by atoms with van der Waals surface area (Å²) in [5.41, 5.74) is 2.03. The highest BCUT2D eigenvalue weighted by molar-refractivity contribution is 5.31. The molecule has 0 radical (unpaired) electrons. The summed E-state index contributed by atoms with van der Waals surface area (Å²) >= 11 is 0. The number of aryl methyl sites for hydroxylation is 2. The Kier molecular flexibility index (Phi) is 3.17. The molecule has 0 spiro atoms. The Hall–Kier alpha value is -1.78. The van der Waals surface area contributed by atoms with Crippen molar-refractivity contribution in [2.24, 2.45) is 0 Å². The van der Waals surface area contributed by atoms with Crippen LogP contribution in [-0.4, -0.2) is 14.7 Å². The molecule has 0 saturated carbocycles. The van der Waals surface area contributed by atoms with Crippen LogP contribution in [0, 0.1) is 13.8 Å². The third-order valence-corrected chi connectivity index (χ3v) is 2.83. The Balaban J connectivity index is 2.10. The van der Waals surface area contributed by atoms with E-state index in [1.165, 1.54) is 0 Å². The third-order valence-electron chi connectivity index (χ3n) is 2.83. The topological polar surface area (TPSA) is 55.9 Å². The molecule has 2 rings (SSSR count). The minimum atomic E-state index is 0.393. The zero-order valence-electron chi connectivity index (χ0n) is 10.7. The molecule has 0 aliphatic rings. The van der Waals surface area contributed by atoms with E-state index in [9.17, 15) is 0 Å². The van der Waals surface area contributed by atoms with Crippen molar-refractivity contribution in [3.8, 4) is 0 Å². The molecule has 5 heteroatoms. The van der Waals surface area contributed by atoms with Gasteiger partial charge in [0.1, 0.15) is 5.76 Å². The summed E-state index contributed by atoms with van der Waals surface area (Å²) in [6, 6.07) is 0.393. The average molecular weight is 234 g/mol. The van der Waals surface area contributed by atoms with Crippen molar-refractivity contribution in [1.29, 1.82) is 0 Å². The molecule has 0 aliphatic heterocycles. The fraction of sp³-hybridized carbons (Fsp3) is 0.500. The fourth-order valence-electron chi connectivity index (χ4n) is 1.79. The van der Waals surface area contributed by atoms with E-state index in [4.69, 9.17) is 4.52 Å². The second-order valence-corrected chi connectivity index (χ2v) is 4.41. The summed E-state index contributed by atoms with van der Waals surface area (Å²) in [6.45, 7) is 8.81. The molecule has 0 fully saturated rings. The van der Waals surface area contributed by atoms with E-state index in [0.29, 0.717) is 12.6 Å². The van der Waals surface area contributed by atoms with Crippen LogP contribution in [0.3, 0.4) is 0 Å². The van der Waals surface area contributed by atoms with E-state index in [1.54, 1.807) is 6.20 Å². The second-order valence-electron chi connectivity index (χ2n) is 4.41. The van der Waals surface area contributed by atoms with E-state index < -0.39 is 0 Å². The normalized spacial score (nSPS) is 11.1. The molecule has 0 unspecified atom stereocenters. The predicted molar refractivity (Wildman–Crippen MR) is 65.9 cm³/mol. The average Bonchev–Trinajstić information content (AvgIpc) is 2.85. The lowest BCUT2D eigenvalue weighted by molar-refractivity contribution is 0.392. The number of rotatable bonds is 4. The van der Waals surface area contributed by atoms with Gasteiger partial charge in [-0.3, -0.25) is 0 Å². The summed E-state index contributed by atoms with van der Waals surface area (Å²) in [4.78, 5) is 4.30. The van der Waals surface area contributed by atoms with E-state index in [2.05, 4.69) is 33.9 Å². The summed E-state index contributed by atoms with van der Waals surface area (Å²) in [5.74, 6) is 1.73. The van der Waals surface area contributed by atoms with Gasteiger partial charge < -0.3 is 14.4 Å². The predicted octanol–water partition coefficient (Wildman–Crippen LogP) is 2.68. The van der Waals surface area contributed by atoms with E-state index in [-0.39, 0.29) is 0 Å². The molecule has 17 heavy (non-hydrogen) atoms. The lowest BCUT2D eigenvalue weighted by atomic mass is 10.2. The van der Waals surface area contributed by atoms with Crippen LogP contribution >= 0.6 is 0 Å². The molecule has 0 saturated heterocycles. The lowest BCUT2D eigenvalue weighted by Gasteiger charge is -2.12. The standard InChI is InChI=1S/C12H18N4O/c1-8(2)16-6-5-13-12(16)14-7-11-9(3)15-17-10(11)4/h5-6,8H,7H2,1-4H3,(H,13,14). The van der Waals surface area contributed by atoms with Gasteiger partial charge in [-0.15, -0.1) is 0 Å². The van der Waals surface area contributed by atoms with Crippen LogP contribution in [-0.2, 0) is 6.54 Å². The smallest absolute Gasteiger partial charge is 0.203 e. The quantitative estimate of drug-likeness (QED) is 0.883. The molecular weight excluding hydrogens is 216 g/mol. The van der Waals surface area contributed by atoms with Crippen LogP contribution in [0.2, 0.25) is 0 Å². The molecule has 0 atom stereocenters. The van der Waals surface area contributed by atoms with E-state index >= 15 is 0 Å². The van der Waals surface area contributed by atoms with Gasteiger partial charge in [0.25, 0.3) is 0 Å². The Morgan fingerprint density at radius 3 is 2.76 bits per heavy atom. The highest BCUT2D eigenvalue weighted by Gasteiger charge is 2.10. The maximum Gasteiger partial charge on any atom is 0.203 e. The number of nitrogens with zero attached hydrogens (tertiary/aromatic N) is 3. The van der Waals surface area contributed by atoms with Gasteiger partial charge >= 0.3 is 0 Å². The van der Waals surface area contributed by atoms with Gasteiger partial charge in [-0.05, 0) is 27.7 Å². The maximum atomic E-state index is 5.13. The third kappa shape index (κ3) is 2.33. The van der Waals surface area contributed by atoms with E-state index in [0.717, 1.165) is 23.0 Å². The summed E-state index contributed by atoms with van der Waals surface area (Å²) in [7, 11) is 0. The van der Waals surface area contributed by atoms with Crippen molar-refractivity contribution in [3.05, 3.63) is 29.4 Å². The monoisotopic (exact) mass is 234 g/mol. The van der Waals surface area contributed by atoms with Crippen LogP contribution in [0.1, 0.15) is 36.9 Å². The van der Waals surface area contributed by atoms with Crippen molar-refractivity contribution in [3.63, 3.8) is 0 Å². The van der Waals surface area contributed by atoms with Crippen LogP contribution in [0.4, 0.5) is 5.95 Å². The summed E-state index contributed by atoms with van der Waals surface area (Å²) < 4.78 is 7.22. The molecule has 0 aromatic carbocycles. The molecule has 5 nitrogen and oxygen atoms in total. The summed E-state index contributed by atoms with van der Waals surface area (Å²) in [6.07, 6.45) is 3.77. The molecule has 0 aliphatic carbocycles. The zero-order valence-corrected chi connectivity index (χ0v) is 10.7. The van der Waals surface area contributed by atoms with Crippen LogP contribution in [0.25, 0.3) is 0 Å². The van der Waals surface area contributed by atoms with Crippen LogP contribution in [0.15, 0.2) is 16.9 Å². The molecule has 2 heterocycles. The second kappa shape index (κ2) is 4.61. The minimum absolute atomic E-state index is 0.393. The Labute approximate surface area is 101 Å². The van der Waals surface area contributed by atoms with Crippen molar-refractivity contribution >= 4 is 5.95 Å². The molecule has 1 N–H and O–H groups in total. The van der Waals surface area contributed by atoms with Crippen LogP contribution in [0.5, 0.6) is 0 Å². The molecule has 2 aromatic heterocycles. The first-order chi connectivity index (χ1) is 8.09. The van der Waals surface area contributed by atoms with Gasteiger partial charge in [0.2, 0.25) is 5.95 Å². The number of nitrogens with one attached hydrogen (secondary N) is 1. The van der Waals surface area contributed by atoms with Gasteiger partial charge in [-0.1, -0.05) is 5.16 Å². The van der Waals surface area contributed by atoms with Gasteiger partial charge in [0.05, 0.1) is 5.69 Å². The van der Waals surface area contributed by atoms with Gasteiger partial charge in [-0.25, -0.2) is 4.98 Å². The molecule has 0 amide bonds. The van der Waals surface area contributed by atoms with Crippen molar-refractivity contribution < 1.29 is 4.52 Å². The largest absolute Gasteiger partial charge is 0.361 e. The number of aromatic nitrogens is 3. The zero-order chi connectivity index (χ0) is 12.4. The first-order valence-corrected chi connectivity index (χ1v) is 5.78. The molecule has 0 bridgehead atoms. The lowest BCUT2D eigenvalue weighted by Crippen LogP contribution is -2.09. The fourth-order valence-corrected chi connectivity index (χ4v) is 1.79. The SMILES string of the molecule is Cc1noc(C)c1CNc1nccn1C(C)C. The first-order valence-electron chi connectivity index (χ1n) is 5.78. The van der Waals surface area contributed by atoms with Crippen molar-refractivity contribution in [2.75, 3.05) is 5.32 Å². The summed E-state index contributed by atoms with van der Waals surface area (Å²) in [5, 5.41) is 7.24. The Morgan fingerprint density at radius 2 is 2.18 bits per heavy atom. The highest BCUT2D eigenvalue weighted by Crippen LogP contribution is 2.16. The van der Waals surface area contributed by atoms with Gasteiger partial charge in [0, 0.05) is 30.5 Å². The number of imidazole rings is 1.